The molecule has 4 rings (SSSR count). The molecular weight excluding hydrogens is 500 g/mol. The fourth-order valence-electron chi connectivity index (χ4n) is 3.44. The summed E-state index contributed by atoms with van der Waals surface area (Å²) in [5.41, 5.74) is 1.90. The summed E-state index contributed by atoms with van der Waals surface area (Å²) in [6.07, 6.45) is 2.48. The molecule has 1 fully saturated rings. The van der Waals surface area contributed by atoms with Gasteiger partial charge < -0.3 is 4.74 Å². The smallest absolute Gasteiger partial charge is 0.270 e. The zero-order chi connectivity index (χ0) is 23.4. The lowest BCUT2D eigenvalue weighted by Gasteiger charge is -2.36. The van der Waals surface area contributed by atoms with E-state index in [0.29, 0.717) is 29.3 Å². The Labute approximate surface area is 206 Å². The summed E-state index contributed by atoms with van der Waals surface area (Å²) >= 11 is 9.14. The van der Waals surface area contributed by atoms with Crippen molar-refractivity contribution < 1.29 is 14.3 Å². The van der Waals surface area contributed by atoms with E-state index in [-0.39, 0.29) is 10.7 Å². The number of amides is 2. The van der Waals surface area contributed by atoms with E-state index in [1.54, 1.807) is 30.3 Å². The molecule has 0 atom stereocenters. The average Bonchev–Trinajstić information content (AvgIpc) is 2.83. The predicted molar refractivity (Wildman–Crippen MR) is 138 cm³/mol. The van der Waals surface area contributed by atoms with Crippen molar-refractivity contribution in [1.82, 2.24) is 0 Å². The van der Waals surface area contributed by atoms with Crippen LogP contribution >= 0.6 is 28.1 Å². The van der Waals surface area contributed by atoms with Gasteiger partial charge in [0.05, 0.1) is 22.5 Å². The fourth-order valence-corrected chi connectivity index (χ4v) is 4.33. The van der Waals surface area contributed by atoms with Gasteiger partial charge >= 0.3 is 0 Å². The van der Waals surface area contributed by atoms with Crippen molar-refractivity contribution in [2.24, 2.45) is 0 Å². The SMILES string of the molecule is CCCOc1ccc(C=C2C(=O)N(c3ccccc3)C(=S)N(c3ccccc3)C2=O)cc1Br. The minimum atomic E-state index is -0.467. The Kier molecular flexibility index (Phi) is 7.01. The van der Waals surface area contributed by atoms with Crippen molar-refractivity contribution >= 4 is 62.5 Å². The number of anilines is 2. The second-order valence-electron chi connectivity index (χ2n) is 7.33. The van der Waals surface area contributed by atoms with Gasteiger partial charge in [-0.15, -0.1) is 0 Å². The molecule has 1 aliphatic rings. The predicted octanol–water partition coefficient (Wildman–Crippen LogP) is 5.99. The second kappa shape index (κ2) is 10.1. The number of rotatable bonds is 6. The maximum absolute atomic E-state index is 13.5. The molecule has 3 aromatic carbocycles. The van der Waals surface area contributed by atoms with Crippen molar-refractivity contribution in [2.45, 2.75) is 13.3 Å². The Hall–Kier alpha value is -3.29. The van der Waals surface area contributed by atoms with Crippen LogP contribution in [0.1, 0.15) is 18.9 Å². The fraction of sp³-hybridized carbons (Fsp3) is 0.115. The molecule has 0 aromatic heterocycles. The summed E-state index contributed by atoms with van der Waals surface area (Å²) in [4.78, 5) is 29.8. The third-order valence-electron chi connectivity index (χ3n) is 5.01. The standard InChI is InChI=1S/C26H21BrN2O3S/c1-2-15-32-23-14-13-18(17-22(23)27)16-21-24(30)28(19-9-5-3-6-10-19)26(33)29(25(21)31)20-11-7-4-8-12-20/h3-14,16-17H,2,15H2,1H3. The van der Waals surface area contributed by atoms with E-state index in [9.17, 15) is 9.59 Å². The van der Waals surface area contributed by atoms with Crippen molar-refractivity contribution in [2.75, 3.05) is 16.4 Å². The van der Waals surface area contributed by atoms with Gasteiger partial charge in [-0.1, -0.05) is 49.4 Å². The lowest BCUT2D eigenvalue weighted by atomic mass is 10.0. The summed E-state index contributed by atoms with van der Waals surface area (Å²) in [7, 11) is 0. The van der Waals surface area contributed by atoms with E-state index in [4.69, 9.17) is 17.0 Å². The van der Waals surface area contributed by atoms with Crippen molar-refractivity contribution in [1.29, 1.82) is 0 Å². The number of carbonyl (C=O) groups is 2. The summed E-state index contributed by atoms with van der Waals surface area (Å²) < 4.78 is 6.45. The molecule has 0 spiro atoms. The lowest BCUT2D eigenvalue weighted by molar-refractivity contribution is -0.120. The second-order valence-corrected chi connectivity index (χ2v) is 8.55. The summed E-state index contributed by atoms with van der Waals surface area (Å²) in [6, 6.07) is 23.6. The van der Waals surface area contributed by atoms with E-state index >= 15 is 0 Å². The van der Waals surface area contributed by atoms with E-state index in [0.717, 1.165) is 10.9 Å². The highest BCUT2D eigenvalue weighted by Gasteiger charge is 2.41. The van der Waals surface area contributed by atoms with Crippen LogP contribution < -0.4 is 14.5 Å². The normalized spacial score (nSPS) is 14.0. The Bertz CT molecular complexity index is 1170. The molecule has 0 aliphatic carbocycles. The number of ether oxygens (including phenoxy) is 1. The number of halogens is 1. The van der Waals surface area contributed by atoms with Gasteiger partial charge in [-0.3, -0.25) is 19.4 Å². The molecule has 0 saturated carbocycles. The van der Waals surface area contributed by atoms with Gasteiger partial charge in [0.15, 0.2) is 5.11 Å². The van der Waals surface area contributed by atoms with Crippen LogP contribution in [0.5, 0.6) is 5.75 Å². The van der Waals surface area contributed by atoms with Crippen molar-refractivity contribution in [3.63, 3.8) is 0 Å². The Morgan fingerprint density at radius 1 is 0.879 bits per heavy atom. The number of nitrogens with zero attached hydrogens (tertiary/aromatic N) is 2. The van der Waals surface area contributed by atoms with Crippen molar-refractivity contribution in [3.8, 4) is 5.75 Å². The van der Waals surface area contributed by atoms with E-state index in [1.807, 2.05) is 61.5 Å². The Morgan fingerprint density at radius 3 is 1.91 bits per heavy atom. The maximum Gasteiger partial charge on any atom is 0.270 e. The molecule has 1 aliphatic heterocycles. The molecule has 1 saturated heterocycles. The molecule has 0 bridgehead atoms. The Balaban J connectivity index is 1.79. The number of para-hydroxylation sites is 2. The molecule has 2 amide bonds. The zero-order valence-corrected chi connectivity index (χ0v) is 20.3. The number of carbonyl (C=O) groups excluding carboxylic acids is 2. The van der Waals surface area contributed by atoms with Gasteiger partial charge in [0.25, 0.3) is 11.8 Å². The first-order valence-electron chi connectivity index (χ1n) is 10.5. The number of hydrogen-bond acceptors (Lipinski definition) is 4. The summed E-state index contributed by atoms with van der Waals surface area (Å²) in [5.74, 6) is -0.227. The first-order valence-corrected chi connectivity index (χ1v) is 11.7. The lowest BCUT2D eigenvalue weighted by Crippen LogP contribution is -2.56. The summed E-state index contributed by atoms with van der Waals surface area (Å²) in [5, 5.41) is 0.115. The van der Waals surface area contributed by atoms with E-state index in [1.165, 1.54) is 9.80 Å². The molecule has 0 N–H and O–H groups in total. The molecule has 5 nitrogen and oxygen atoms in total. The molecule has 1 heterocycles. The van der Waals surface area contributed by atoms with Gasteiger partial charge in [0, 0.05) is 0 Å². The molecule has 7 heteroatoms. The minimum absolute atomic E-state index is 0.0189. The minimum Gasteiger partial charge on any atom is -0.492 e. The summed E-state index contributed by atoms with van der Waals surface area (Å²) in [6.45, 7) is 2.64. The number of hydrogen-bond donors (Lipinski definition) is 0. The van der Waals surface area contributed by atoms with Crippen LogP contribution in [0.3, 0.4) is 0 Å². The van der Waals surface area contributed by atoms with Gasteiger partial charge in [-0.05, 0) is 82.6 Å². The third kappa shape index (κ3) is 4.74. The highest BCUT2D eigenvalue weighted by molar-refractivity contribution is 9.10. The van der Waals surface area contributed by atoms with Gasteiger partial charge in [-0.2, -0.15) is 0 Å². The number of benzene rings is 3. The van der Waals surface area contributed by atoms with Crippen LogP contribution in [0.25, 0.3) is 6.08 Å². The highest BCUT2D eigenvalue weighted by atomic mass is 79.9. The average molecular weight is 521 g/mol. The quantitative estimate of drug-likeness (QED) is 0.227. The van der Waals surface area contributed by atoms with E-state index in [2.05, 4.69) is 15.9 Å². The molecule has 166 valence electrons. The van der Waals surface area contributed by atoms with Crippen LogP contribution in [-0.2, 0) is 9.59 Å². The Morgan fingerprint density at radius 2 is 1.42 bits per heavy atom. The van der Waals surface area contributed by atoms with Gasteiger partial charge in [0.1, 0.15) is 11.3 Å². The van der Waals surface area contributed by atoms with Crippen LogP contribution in [-0.4, -0.2) is 23.5 Å². The maximum atomic E-state index is 13.5. The molecule has 0 radical (unpaired) electrons. The van der Waals surface area contributed by atoms with Crippen molar-refractivity contribution in [3.05, 3.63) is 94.5 Å². The number of thiocarbonyl (C=S) groups is 1. The third-order valence-corrected chi connectivity index (χ3v) is 5.99. The van der Waals surface area contributed by atoms with Crippen LogP contribution in [0.2, 0.25) is 0 Å². The van der Waals surface area contributed by atoms with Crippen LogP contribution in [0.15, 0.2) is 88.9 Å². The van der Waals surface area contributed by atoms with Gasteiger partial charge in [0.2, 0.25) is 0 Å². The van der Waals surface area contributed by atoms with Gasteiger partial charge in [-0.25, -0.2) is 0 Å². The molecule has 0 unspecified atom stereocenters. The topological polar surface area (TPSA) is 49.9 Å². The zero-order valence-electron chi connectivity index (χ0n) is 17.9. The largest absolute Gasteiger partial charge is 0.492 e. The van der Waals surface area contributed by atoms with Crippen LogP contribution in [0, 0.1) is 0 Å². The molecular formula is C26H21BrN2O3S. The first-order chi connectivity index (χ1) is 16.0. The highest BCUT2D eigenvalue weighted by Crippen LogP contribution is 2.31. The first kappa shape index (κ1) is 22.9. The molecule has 3 aromatic rings. The van der Waals surface area contributed by atoms with E-state index < -0.39 is 11.8 Å². The molecule has 33 heavy (non-hydrogen) atoms. The monoisotopic (exact) mass is 520 g/mol. The van der Waals surface area contributed by atoms with Crippen LogP contribution in [0.4, 0.5) is 11.4 Å².